The number of hydrogen-bond acceptors (Lipinski definition) is 2. The average Bonchev–Trinajstić information content (AvgIpc) is 2.40. The molecule has 0 fully saturated rings. The second kappa shape index (κ2) is 6.12. The van der Waals surface area contributed by atoms with E-state index in [1.165, 1.54) is 6.07 Å². The van der Waals surface area contributed by atoms with Crippen molar-refractivity contribution in [1.29, 1.82) is 5.26 Å². The first kappa shape index (κ1) is 14.6. The zero-order chi connectivity index (χ0) is 14.7. The van der Waals surface area contributed by atoms with Crippen molar-refractivity contribution >= 4 is 22.4 Å². The summed E-state index contributed by atoms with van der Waals surface area (Å²) < 4.78 is 38.4. The van der Waals surface area contributed by atoms with Crippen molar-refractivity contribution in [1.82, 2.24) is 0 Å². The number of hydrogen-bond donors (Lipinski definition) is 0. The first-order valence-corrected chi connectivity index (χ1v) is 7.23. The number of nitrogens with zero attached hydrogens (tertiary/aromatic N) is 1. The van der Waals surface area contributed by atoms with Crippen LogP contribution in [0.15, 0.2) is 41.3 Å². The Morgan fingerprint density at radius 1 is 1.20 bits per heavy atom. The normalized spacial score (nSPS) is 11.9. The number of rotatable bonds is 3. The van der Waals surface area contributed by atoms with E-state index in [0.29, 0.717) is 22.2 Å². The summed E-state index contributed by atoms with van der Waals surface area (Å²) in [7, 11) is -1.68. The van der Waals surface area contributed by atoms with Gasteiger partial charge in [0, 0.05) is 11.1 Å². The van der Waals surface area contributed by atoms with Crippen LogP contribution in [0.1, 0.15) is 11.1 Å². The lowest BCUT2D eigenvalue weighted by Crippen LogP contribution is -2.00. The van der Waals surface area contributed by atoms with Gasteiger partial charge in [0.2, 0.25) is 0 Å². The van der Waals surface area contributed by atoms with Crippen LogP contribution in [-0.2, 0) is 16.6 Å². The van der Waals surface area contributed by atoms with Crippen LogP contribution in [0.4, 0.5) is 8.78 Å². The van der Waals surface area contributed by atoms with E-state index in [1.54, 1.807) is 12.1 Å². The molecule has 0 heterocycles. The van der Waals surface area contributed by atoms with Crippen molar-refractivity contribution in [2.24, 2.45) is 0 Å². The predicted octanol–water partition coefficient (Wildman–Crippen LogP) is 3.80. The summed E-state index contributed by atoms with van der Waals surface area (Å²) in [4.78, 5) is -0.0770. The van der Waals surface area contributed by atoms with E-state index in [-0.39, 0.29) is 10.6 Å². The zero-order valence-corrected chi connectivity index (χ0v) is 11.6. The third kappa shape index (κ3) is 3.21. The highest BCUT2D eigenvalue weighted by atomic mass is 35.5. The van der Waals surface area contributed by atoms with Gasteiger partial charge in [0.25, 0.3) is 0 Å². The number of benzene rings is 2. The summed E-state index contributed by atoms with van der Waals surface area (Å²) in [5.41, 5.74) is 0.922. The molecule has 0 spiro atoms. The molecular weight excluding hydrogens is 304 g/mol. The molecule has 0 radical (unpaired) electrons. The maximum absolute atomic E-state index is 13.5. The lowest BCUT2D eigenvalue weighted by atomic mass is 10.2. The Morgan fingerprint density at radius 2 is 1.95 bits per heavy atom. The molecule has 2 nitrogen and oxygen atoms in total. The van der Waals surface area contributed by atoms with Gasteiger partial charge in [-0.1, -0.05) is 17.7 Å². The molecule has 20 heavy (non-hydrogen) atoms. The SMILES string of the molecule is N#Cc1ccc(CS(=O)c2ccc(F)cc2F)c(Cl)c1. The van der Waals surface area contributed by atoms with E-state index in [0.717, 1.165) is 12.1 Å². The highest BCUT2D eigenvalue weighted by molar-refractivity contribution is 7.84. The molecule has 1 unspecified atom stereocenters. The van der Waals surface area contributed by atoms with Crippen molar-refractivity contribution in [2.45, 2.75) is 10.6 Å². The average molecular weight is 312 g/mol. The summed E-state index contributed by atoms with van der Waals surface area (Å²) in [6.07, 6.45) is 0. The van der Waals surface area contributed by atoms with Crippen LogP contribution in [-0.4, -0.2) is 4.21 Å². The Morgan fingerprint density at radius 3 is 2.55 bits per heavy atom. The molecule has 0 saturated heterocycles. The van der Waals surface area contributed by atoms with Crippen LogP contribution in [0.25, 0.3) is 0 Å². The van der Waals surface area contributed by atoms with Crippen LogP contribution >= 0.6 is 11.6 Å². The molecule has 102 valence electrons. The summed E-state index contributed by atoms with van der Waals surface area (Å²) in [5, 5.41) is 9.01. The molecule has 0 aromatic heterocycles. The van der Waals surface area contributed by atoms with E-state index in [9.17, 15) is 13.0 Å². The lowest BCUT2D eigenvalue weighted by molar-refractivity contribution is 0.562. The van der Waals surface area contributed by atoms with Crippen molar-refractivity contribution in [3.63, 3.8) is 0 Å². The van der Waals surface area contributed by atoms with Crippen LogP contribution in [0, 0.1) is 23.0 Å². The van der Waals surface area contributed by atoms with E-state index >= 15 is 0 Å². The Balaban J connectivity index is 2.26. The molecule has 1 atom stereocenters. The topological polar surface area (TPSA) is 40.9 Å². The monoisotopic (exact) mass is 311 g/mol. The molecule has 2 aromatic carbocycles. The lowest BCUT2D eigenvalue weighted by Gasteiger charge is -2.06. The largest absolute Gasteiger partial charge is 0.254 e. The maximum atomic E-state index is 13.5. The Labute approximate surface area is 122 Å². The minimum atomic E-state index is -1.68. The molecule has 0 saturated carbocycles. The zero-order valence-electron chi connectivity index (χ0n) is 10.1. The van der Waals surface area contributed by atoms with Crippen LogP contribution < -0.4 is 0 Å². The molecule has 2 aromatic rings. The van der Waals surface area contributed by atoms with E-state index in [2.05, 4.69) is 0 Å². The van der Waals surface area contributed by atoms with Gasteiger partial charge in [-0.15, -0.1) is 0 Å². The van der Waals surface area contributed by atoms with E-state index in [1.807, 2.05) is 6.07 Å². The molecule has 0 aliphatic rings. The molecule has 6 heteroatoms. The highest BCUT2D eigenvalue weighted by Crippen LogP contribution is 2.22. The molecule has 0 bridgehead atoms. The van der Waals surface area contributed by atoms with Crippen LogP contribution in [0.5, 0.6) is 0 Å². The fraction of sp³-hybridized carbons (Fsp3) is 0.0714. The molecule has 2 rings (SSSR count). The Hall–Kier alpha value is -1.77. The van der Waals surface area contributed by atoms with Gasteiger partial charge >= 0.3 is 0 Å². The van der Waals surface area contributed by atoms with Gasteiger partial charge in [-0.2, -0.15) is 5.26 Å². The Bertz CT molecular complexity index is 728. The first-order chi connectivity index (χ1) is 9.51. The Kier molecular flexibility index (Phi) is 4.48. The van der Waals surface area contributed by atoms with Crippen molar-refractivity contribution in [3.05, 3.63) is 64.2 Å². The summed E-state index contributed by atoms with van der Waals surface area (Å²) in [5.74, 6) is -1.58. The molecule has 0 amide bonds. The van der Waals surface area contributed by atoms with E-state index < -0.39 is 22.4 Å². The summed E-state index contributed by atoms with van der Waals surface area (Å²) in [6, 6.07) is 9.39. The van der Waals surface area contributed by atoms with Gasteiger partial charge in [0.1, 0.15) is 11.6 Å². The third-order valence-electron chi connectivity index (χ3n) is 2.61. The van der Waals surface area contributed by atoms with Gasteiger partial charge in [-0.3, -0.25) is 4.21 Å². The van der Waals surface area contributed by atoms with Gasteiger partial charge in [0.05, 0.1) is 33.1 Å². The predicted molar refractivity (Wildman–Crippen MR) is 72.6 cm³/mol. The molecule has 0 N–H and O–H groups in total. The van der Waals surface area contributed by atoms with Crippen LogP contribution in [0.3, 0.4) is 0 Å². The minimum absolute atomic E-state index is 0.00685. The first-order valence-electron chi connectivity index (χ1n) is 5.53. The highest BCUT2D eigenvalue weighted by Gasteiger charge is 2.13. The second-order valence-corrected chi connectivity index (χ2v) is 5.81. The van der Waals surface area contributed by atoms with Gasteiger partial charge in [-0.25, -0.2) is 8.78 Å². The molecule has 0 aliphatic heterocycles. The third-order valence-corrected chi connectivity index (χ3v) is 4.35. The minimum Gasteiger partial charge on any atom is -0.254 e. The maximum Gasteiger partial charge on any atom is 0.142 e. The summed E-state index contributed by atoms with van der Waals surface area (Å²) >= 11 is 5.97. The smallest absolute Gasteiger partial charge is 0.142 e. The van der Waals surface area contributed by atoms with E-state index in [4.69, 9.17) is 16.9 Å². The van der Waals surface area contributed by atoms with Gasteiger partial charge in [-0.05, 0) is 29.8 Å². The standard InChI is InChI=1S/C14H8ClF2NOS/c15-12-5-9(7-18)1-2-10(12)8-20(19)14-4-3-11(16)6-13(14)17/h1-6H,8H2. The molecular formula is C14H8ClF2NOS. The van der Waals surface area contributed by atoms with Crippen molar-refractivity contribution < 1.29 is 13.0 Å². The van der Waals surface area contributed by atoms with Gasteiger partial charge < -0.3 is 0 Å². The van der Waals surface area contributed by atoms with Crippen molar-refractivity contribution in [2.75, 3.05) is 0 Å². The van der Waals surface area contributed by atoms with Crippen molar-refractivity contribution in [3.8, 4) is 6.07 Å². The fourth-order valence-corrected chi connectivity index (χ4v) is 3.13. The fourth-order valence-electron chi connectivity index (χ4n) is 1.61. The quantitative estimate of drug-likeness (QED) is 0.865. The number of nitriles is 1. The second-order valence-electron chi connectivity index (χ2n) is 3.98. The molecule has 0 aliphatic carbocycles. The summed E-state index contributed by atoms with van der Waals surface area (Å²) in [6.45, 7) is 0. The number of halogens is 3. The van der Waals surface area contributed by atoms with Gasteiger partial charge in [0.15, 0.2) is 0 Å². The van der Waals surface area contributed by atoms with Crippen LogP contribution in [0.2, 0.25) is 5.02 Å².